The van der Waals surface area contributed by atoms with Crippen LogP contribution in [0.4, 0.5) is 10.6 Å². The van der Waals surface area contributed by atoms with Gasteiger partial charge in [0.15, 0.2) is 5.65 Å². The zero-order valence-corrected chi connectivity index (χ0v) is 15.1. The van der Waals surface area contributed by atoms with Gasteiger partial charge in [-0.2, -0.15) is 4.90 Å². The van der Waals surface area contributed by atoms with Gasteiger partial charge in [-0.15, -0.1) is 0 Å². The third kappa shape index (κ3) is 4.96. The summed E-state index contributed by atoms with van der Waals surface area (Å²) in [7, 11) is 0. The molecule has 0 fully saturated rings. The number of pyridine rings is 2. The highest BCUT2D eigenvalue weighted by molar-refractivity contribution is 6.12. The summed E-state index contributed by atoms with van der Waals surface area (Å²) in [6, 6.07) is 7.16. The van der Waals surface area contributed by atoms with Crippen LogP contribution in [0, 0.1) is 6.92 Å². The van der Waals surface area contributed by atoms with Crippen LogP contribution in [0.15, 0.2) is 24.3 Å². The van der Waals surface area contributed by atoms with Crippen LogP contribution in [-0.4, -0.2) is 34.1 Å². The minimum absolute atomic E-state index is 0.136. The van der Waals surface area contributed by atoms with Gasteiger partial charge in [0.1, 0.15) is 11.4 Å². The second kappa shape index (κ2) is 7.57. The van der Waals surface area contributed by atoms with E-state index in [4.69, 9.17) is 10.5 Å². The van der Waals surface area contributed by atoms with E-state index in [1.54, 1.807) is 32.9 Å². The molecule has 2 N–H and O–H groups in total. The lowest BCUT2D eigenvalue weighted by Gasteiger charge is -2.25. The number of rotatable bonds is 4. The van der Waals surface area contributed by atoms with E-state index in [1.165, 1.54) is 0 Å². The summed E-state index contributed by atoms with van der Waals surface area (Å²) >= 11 is 0. The molecule has 7 heteroatoms. The summed E-state index contributed by atoms with van der Waals surface area (Å²) < 4.78 is 5.37. The number of fused-ring (bicyclic) bond motifs is 1. The predicted octanol–water partition coefficient (Wildman–Crippen LogP) is 2.95. The molecule has 0 saturated heterocycles. The molecule has 0 saturated carbocycles. The molecule has 2 aromatic heterocycles. The maximum absolute atomic E-state index is 12.6. The number of hydrogen-bond donors (Lipinski definition) is 1. The van der Waals surface area contributed by atoms with Crippen molar-refractivity contribution in [1.82, 2.24) is 9.97 Å². The zero-order valence-electron chi connectivity index (χ0n) is 15.1. The molecule has 0 radical (unpaired) electrons. The normalized spacial score (nSPS) is 11.4. The summed E-state index contributed by atoms with van der Waals surface area (Å²) in [5.41, 5.74) is 6.02. The van der Waals surface area contributed by atoms with E-state index >= 15 is 0 Å². The molecule has 7 nitrogen and oxygen atoms in total. The molecule has 25 heavy (non-hydrogen) atoms. The SMILES string of the molecule is Cc1ccc2ccc(N(C(=O)CCCN)C(=O)OC(C)(C)C)nc2n1. The van der Waals surface area contributed by atoms with E-state index < -0.39 is 17.6 Å². The molecule has 0 bridgehead atoms. The summed E-state index contributed by atoms with van der Waals surface area (Å²) in [6.07, 6.45) is -0.145. The lowest BCUT2D eigenvalue weighted by Crippen LogP contribution is -2.41. The van der Waals surface area contributed by atoms with Crippen LogP contribution in [0.2, 0.25) is 0 Å². The van der Waals surface area contributed by atoms with Gasteiger partial charge in [-0.1, -0.05) is 0 Å². The number of carbonyl (C=O) groups is 2. The highest BCUT2D eigenvalue weighted by atomic mass is 16.6. The minimum atomic E-state index is -0.756. The Balaban J connectivity index is 2.43. The van der Waals surface area contributed by atoms with Crippen LogP contribution >= 0.6 is 0 Å². The van der Waals surface area contributed by atoms with Crippen molar-refractivity contribution in [3.8, 4) is 0 Å². The number of nitrogens with zero attached hydrogens (tertiary/aromatic N) is 3. The predicted molar refractivity (Wildman–Crippen MR) is 96.3 cm³/mol. The highest BCUT2D eigenvalue weighted by Gasteiger charge is 2.29. The van der Waals surface area contributed by atoms with Crippen molar-refractivity contribution >= 4 is 28.9 Å². The fourth-order valence-corrected chi connectivity index (χ4v) is 2.20. The topological polar surface area (TPSA) is 98.4 Å². The average Bonchev–Trinajstić information content (AvgIpc) is 2.51. The zero-order chi connectivity index (χ0) is 18.6. The first-order chi connectivity index (χ1) is 11.7. The van der Waals surface area contributed by atoms with Crippen molar-refractivity contribution in [1.29, 1.82) is 0 Å². The molecule has 0 spiro atoms. The number of aryl methyl sites for hydroxylation is 1. The Labute approximate surface area is 147 Å². The Morgan fingerprint density at radius 1 is 1.16 bits per heavy atom. The van der Waals surface area contributed by atoms with Gasteiger partial charge < -0.3 is 10.5 Å². The van der Waals surface area contributed by atoms with Crippen LogP contribution in [0.5, 0.6) is 0 Å². The number of amides is 2. The second-order valence-electron chi connectivity index (χ2n) is 6.77. The Morgan fingerprint density at radius 2 is 1.84 bits per heavy atom. The van der Waals surface area contributed by atoms with Crippen molar-refractivity contribution in [2.24, 2.45) is 5.73 Å². The number of aromatic nitrogens is 2. The number of hydrogen-bond acceptors (Lipinski definition) is 6. The molecule has 0 atom stereocenters. The summed E-state index contributed by atoms with van der Waals surface area (Å²) in [5.74, 6) is -0.207. The van der Waals surface area contributed by atoms with Crippen LogP contribution in [-0.2, 0) is 9.53 Å². The quantitative estimate of drug-likeness (QED) is 0.915. The Bertz CT molecular complexity index is 783. The molecular weight excluding hydrogens is 320 g/mol. The van der Waals surface area contributed by atoms with Crippen molar-refractivity contribution in [3.05, 3.63) is 30.0 Å². The Kier molecular flexibility index (Phi) is 5.69. The van der Waals surface area contributed by atoms with E-state index in [9.17, 15) is 9.59 Å². The van der Waals surface area contributed by atoms with Gasteiger partial charge in [0.25, 0.3) is 0 Å². The van der Waals surface area contributed by atoms with Gasteiger partial charge in [-0.25, -0.2) is 14.8 Å². The van der Waals surface area contributed by atoms with Gasteiger partial charge in [0.05, 0.1) is 0 Å². The van der Waals surface area contributed by atoms with Crippen molar-refractivity contribution in [3.63, 3.8) is 0 Å². The van der Waals surface area contributed by atoms with E-state index in [1.807, 2.05) is 19.1 Å². The van der Waals surface area contributed by atoms with Crippen molar-refractivity contribution < 1.29 is 14.3 Å². The molecule has 0 aliphatic heterocycles. The monoisotopic (exact) mass is 344 g/mol. The lowest BCUT2D eigenvalue weighted by atomic mass is 10.2. The summed E-state index contributed by atoms with van der Waals surface area (Å²) in [6.45, 7) is 7.44. The molecule has 134 valence electrons. The van der Waals surface area contributed by atoms with Crippen molar-refractivity contribution in [2.75, 3.05) is 11.4 Å². The number of anilines is 1. The smallest absolute Gasteiger partial charge is 0.423 e. The van der Waals surface area contributed by atoms with Crippen LogP contribution in [0.1, 0.15) is 39.3 Å². The van der Waals surface area contributed by atoms with E-state index in [0.717, 1.165) is 16.0 Å². The standard InChI is InChI=1S/C18H24N4O3/c1-12-7-8-13-9-10-14(21-16(13)20-12)22(15(23)6-5-11-19)17(24)25-18(2,3)4/h7-10H,5-6,11,19H2,1-4H3. The molecular formula is C18H24N4O3. The Hall–Kier alpha value is -2.54. The second-order valence-corrected chi connectivity index (χ2v) is 6.77. The summed E-state index contributed by atoms with van der Waals surface area (Å²) in [5, 5.41) is 0.827. The molecule has 2 rings (SSSR count). The van der Waals surface area contributed by atoms with Gasteiger partial charge in [0, 0.05) is 17.5 Å². The first-order valence-corrected chi connectivity index (χ1v) is 8.21. The average molecular weight is 344 g/mol. The van der Waals surface area contributed by atoms with E-state index in [-0.39, 0.29) is 12.2 Å². The van der Waals surface area contributed by atoms with Gasteiger partial charge in [-0.3, -0.25) is 4.79 Å². The fraction of sp³-hybridized carbons (Fsp3) is 0.444. The largest absolute Gasteiger partial charge is 0.443 e. The number of ether oxygens (including phenoxy) is 1. The highest BCUT2D eigenvalue weighted by Crippen LogP contribution is 2.21. The first-order valence-electron chi connectivity index (χ1n) is 8.21. The molecule has 0 aromatic carbocycles. The van der Waals surface area contributed by atoms with E-state index in [2.05, 4.69) is 9.97 Å². The molecule has 0 aliphatic rings. The van der Waals surface area contributed by atoms with Gasteiger partial charge in [-0.05, 0) is 64.9 Å². The first kappa shape index (κ1) is 18.8. The molecule has 2 amide bonds. The number of nitrogens with two attached hydrogens (primary N) is 1. The van der Waals surface area contributed by atoms with Crippen LogP contribution in [0.3, 0.4) is 0 Å². The Morgan fingerprint density at radius 3 is 2.48 bits per heavy atom. The third-order valence-corrected chi connectivity index (χ3v) is 3.33. The number of imide groups is 1. The number of carbonyl (C=O) groups excluding carboxylic acids is 2. The lowest BCUT2D eigenvalue weighted by molar-refractivity contribution is -0.118. The summed E-state index contributed by atoms with van der Waals surface area (Å²) in [4.78, 5) is 34.8. The fourth-order valence-electron chi connectivity index (χ4n) is 2.20. The third-order valence-electron chi connectivity index (χ3n) is 3.33. The van der Waals surface area contributed by atoms with Crippen LogP contribution in [0.25, 0.3) is 11.0 Å². The minimum Gasteiger partial charge on any atom is -0.443 e. The molecule has 2 heterocycles. The van der Waals surface area contributed by atoms with E-state index in [0.29, 0.717) is 18.6 Å². The van der Waals surface area contributed by atoms with Gasteiger partial charge in [0.2, 0.25) is 5.91 Å². The maximum atomic E-state index is 12.6. The molecule has 2 aromatic rings. The van der Waals surface area contributed by atoms with Gasteiger partial charge >= 0.3 is 6.09 Å². The maximum Gasteiger partial charge on any atom is 0.423 e. The molecule has 0 aliphatic carbocycles. The molecule has 0 unspecified atom stereocenters. The van der Waals surface area contributed by atoms with Crippen molar-refractivity contribution in [2.45, 2.75) is 46.1 Å². The van der Waals surface area contributed by atoms with Crippen LogP contribution < -0.4 is 10.6 Å².